The lowest BCUT2D eigenvalue weighted by Crippen LogP contribution is -2.18. The van der Waals surface area contributed by atoms with Crippen LogP contribution in [0.15, 0.2) is 28.8 Å². The third-order valence-electron chi connectivity index (χ3n) is 2.50. The number of rotatable bonds is 7. The van der Waals surface area contributed by atoms with Gasteiger partial charge >= 0.3 is 5.97 Å². The minimum Gasteiger partial charge on any atom is -0.457 e. The maximum absolute atomic E-state index is 11.7. The second-order valence-corrected chi connectivity index (χ2v) is 5.10. The fourth-order valence-corrected chi connectivity index (χ4v) is 2.13. The predicted molar refractivity (Wildman–Crippen MR) is 76.3 cm³/mol. The van der Waals surface area contributed by atoms with Crippen LogP contribution in [0.25, 0.3) is 0 Å². The molecule has 0 saturated heterocycles. The third kappa shape index (κ3) is 5.20. The second-order valence-electron chi connectivity index (χ2n) is 4.15. The van der Waals surface area contributed by atoms with Gasteiger partial charge in [-0.2, -0.15) is 5.26 Å². The van der Waals surface area contributed by atoms with Gasteiger partial charge in [0.2, 0.25) is 5.78 Å². The van der Waals surface area contributed by atoms with Crippen molar-refractivity contribution in [1.29, 1.82) is 5.26 Å². The standard InChI is InChI=1S/C14H14N2O4S/c1-9(16)10(7-15)12(18)8-20-14(19)5-4-11(17)13-3-2-6-21-13/h2-3,6H,4-5,8,16H2,1H3/b10-9+. The Kier molecular flexibility index (Phi) is 6.30. The van der Waals surface area contributed by atoms with Crippen molar-refractivity contribution in [2.75, 3.05) is 6.61 Å². The zero-order chi connectivity index (χ0) is 15.8. The average Bonchev–Trinajstić information content (AvgIpc) is 2.97. The lowest BCUT2D eigenvalue weighted by Gasteiger charge is -2.04. The molecule has 1 aromatic heterocycles. The summed E-state index contributed by atoms with van der Waals surface area (Å²) in [5.41, 5.74) is 5.21. The van der Waals surface area contributed by atoms with Crippen molar-refractivity contribution >= 4 is 28.9 Å². The van der Waals surface area contributed by atoms with Gasteiger partial charge in [0.1, 0.15) is 11.6 Å². The first-order chi connectivity index (χ1) is 9.95. The first kappa shape index (κ1) is 16.6. The van der Waals surface area contributed by atoms with E-state index in [-0.39, 0.29) is 29.9 Å². The predicted octanol–water partition coefficient (Wildman–Crippen LogP) is 1.58. The van der Waals surface area contributed by atoms with E-state index >= 15 is 0 Å². The molecule has 110 valence electrons. The van der Waals surface area contributed by atoms with E-state index in [2.05, 4.69) is 0 Å². The average molecular weight is 306 g/mol. The highest BCUT2D eigenvalue weighted by Gasteiger charge is 2.15. The van der Waals surface area contributed by atoms with E-state index < -0.39 is 18.4 Å². The second kappa shape index (κ2) is 7.97. The Labute approximate surface area is 125 Å². The number of allylic oxidation sites excluding steroid dienone is 1. The van der Waals surface area contributed by atoms with Crippen molar-refractivity contribution in [2.24, 2.45) is 5.73 Å². The quantitative estimate of drug-likeness (QED) is 0.354. The molecule has 0 saturated carbocycles. The molecular weight excluding hydrogens is 292 g/mol. The monoisotopic (exact) mass is 306 g/mol. The fraction of sp³-hybridized carbons (Fsp3) is 0.286. The molecule has 0 aliphatic rings. The van der Waals surface area contributed by atoms with Crippen molar-refractivity contribution in [3.05, 3.63) is 33.7 Å². The van der Waals surface area contributed by atoms with E-state index in [4.69, 9.17) is 15.7 Å². The minimum atomic E-state index is -0.666. The number of nitrogens with two attached hydrogens (primary N) is 1. The molecule has 7 heteroatoms. The highest BCUT2D eigenvalue weighted by molar-refractivity contribution is 7.12. The van der Waals surface area contributed by atoms with Crippen molar-refractivity contribution in [1.82, 2.24) is 0 Å². The number of esters is 1. The molecule has 0 fully saturated rings. The smallest absolute Gasteiger partial charge is 0.306 e. The molecule has 0 aliphatic carbocycles. The number of nitrogens with zero attached hydrogens (tertiary/aromatic N) is 1. The van der Waals surface area contributed by atoms with Crippen LogP contribution in [-0.4, -0.2) is 24.1 Å². The lowest BCUT2D eigenvalue weighted by molar-refractivity contribution is -0.147. The number of ketones is 2. The molecule has 1 rings (SSSR count). The lowest BCUT2D eigenvalue weighted by atomic mass is 10.1. The highest BCUT2D eigenvalue weighted by Crippen LogP contribution is 2.12. The fourth-order valence-electron chi connectivity index (χ4n) is 1.44. The summed E-state index contributed by atoms with van der Waals surface area (Å²) < 4.78 is 4.73. The van der Waals surface area contributed by atoms with Crippen LogP contribution < -0.4 is 5.73 Å². The molecule has 0 aromatic carbocycles. The number of thiophene rings is 1. The zero-order valence-electron chi connectivity index (χ0n) is 11.4. The van der Waals surface area contributed by atoms with E-state index in [0.29, 0.717) is 4.88 Å². The van der Waals surface area contributed by atoms with E-state index in [0.717, 1.165) is 0 Å². The molecule has 2 N–H and O–H groups in total. The van der Waals surface area contributed by atoms with Crippen LogP contribution in [0.5, 0.6) is 0 Å². The summed E-state index contributed by atoms with van der Waals surface area (Å²) in [6, 6.07) is 5.08. The molecule has 1 heterocycles. The number of ether oxygens (including phenoxy) is 1. The van der Waals surface area contributed by atoms with E-state index in [1.54, 1.807) is 23.6 Å². The normalized spacial score (nSPS) is 11.2. The molecule has 0 unspecified atom stereocenters. The van der Waals surface area contributed by atoms with Crippen LogP contribution in [0.4, 0.5) is 0 Å². The Balaban J connectivity index is 2.39. The van der Waals surface area contributed by atoms with Crippen LogP contribution >= 0.6 is 11.3 Å². The van der Waals surface area contributed by atoms with Crippen molar-refractivity contribution < 1.29 is 19.1 Å². The molecule has 6 nitrogen and oxygen atoms in total. The Hall–Kier alpha value is -2.46. The van der Waals surface area contributed by atoms with Gasteiger partial charge in [0.15, 0.2) is 12.4 Å². The highest BCUT2D eigenvalue weighted by atomic mass is 32.1. The molecule has 0 radical (unpaired) electrons. The van der Waals surface area contributed by atoms with Gasteiger partial charge in [0, 0.05) is 12.1 Å². The van der Waals surface area contributed by atoms with Gasteiger partial charge in [0.25, 0.3) is 0 Å². The Morgan fingerprint density at radius 1 is 1.38 bits per heavy atom. The molecule has 1 aromatic rings. The molecular formula is C14H14N2O4S. The number of nitriles is 1. The molecule has 0 spiro atoms. The number of hydrogen-bond acceptors (Lipinski definition) is 7. The maximum Gasteiger partial charge on any atom is 0.306 e. The molecule has 0 amide bonds. The van der Waals surface area contributed by atoms with Gasteiger partial charge in [-0.05, 0) is 18.4 Å². The summed E-state index contributed by atoms with van der Waals surface area (Å²) in [6.45, 7) is 0.863. The van der Waals surface area contributed by atoms with Gasteiger partial charge in [-0.3, -0.25) is 14.4 Å². The van der Waals surface area contributed by atoms with Crippen molar-refractivity contribution in [3.8, 4) is 6.07 Å². The van der Waals surface area contributed by atoms with Crippen LogP contribution in [0.3, 0.4) is 0 Å². The van der Waals surface area contributed by atoms with Crippen LogP contribution in [0, 0.1) is 11.3 Å². The first-order valence-corrected chi connectivity index (χ1v) is 6.95. The number of carbonyl (C=O) groups excluding carboxylic acids is 3. The number of Topliss-reactive ketones (excluding diaryl/α,β-unsaturated/α-hetero) is 2. The van der Waals surface area contributed by atoms with Gasteiger partial charge < -0.3 is 10.5 Å². The Bertz CT molecular complexity index is 607. The third-order valence-corrected chi connectivity index (χ3v) is 3.41. The Morgan fingerprint density at radius 3 is 2.62 bits per heavy atom. The van der Waals surface area contributed by atoms with Gasteiger partial charge in [0.05, 0.1) is 11.3 Å². The minimum absolute atomic E-state index is 0.0183. The van der Waals surface area contributed by atoms with Crippen LogP contribution in [0.2, 0.25) is 0 Å². The van der Waals surface area contributed by atoms with Crippen LogP contribution in [0.1, 0.15) is 29.4 Å². The first-order valence-electron chi connectivity index (χ1n) is 6.07. The summed E-state index contributed by atoms with van der Waals surface area (Å²) >= 11 is 1.30. The summed E-state index contributed by atoms with van der Waals surface area (Å²) in [6.07, 6.45) is -0.0956. The molecule has 0 atom stereocenters. The summed E-state index contributed by atoms with van der Waals surface area (Å²) in [7, 11) is 0. The maximum atomic E-state index is 11.7. The van der Waals surface area contributed by atoms with Crippen LogP contribution in [-0.2, 0) is 14.3 Å². The topological polar surface area (TPSA) is 110 Å². The molecule has 21 heavy (non-hydrogen) atoms. The Morgan fingerprint density at radius 2 is 2.10 bits per heavy atom. The van der Waals surface area contributed by atoms with E-state index in [1.807, 2.05) is 0 Å². The number of carbonyl (C=O) groups is 3. The zero-order valence-corrected chi connectivity index (χ0v) is 12.2. The largest absolute Gasteiger partial charge is 0.457 e. The molecule has 0 aliphatic heterocycles. The summed E-state index contributed by atoms with van der Waals surface area (Å²) in [4.78, 5) is 35.2. The molecule has 0 bridgehead atoms. The van der Waals surface area contributed by atoms with Gasteiger partial charge in [-0.1, -0.05) is 6.07 Å². The number of hydrogen-bond donors (Lipinski definition) is 1. The van der Waals surface area contributed by atoms with Gasteiger partial charge in [-0.25, -0.2) is 0 Å². The van der Waals surface area contributed by atoms with Crippen molar-refractivity contribution in [2.45, 2.75) is 19.8 Å². The summed E-state index contributed by atoms with van der Waals surface area (Å²) in [5.74, 6) is -1.47. The van der Waals surface area contributed by atoms with E-state index in [1.165, 1.54) is 18.3 Å². The SMILES string of the molecule is C/C(N)=C(/C#N)C(=O)COC(=O)CCC(=O)c1cccs1. The van der Waals surface area contributed by atoms with E-state index in [9.17, 15) is 14.4 Å². The van der Waals surface area contributed by atoms with Crippen molar-refractivity contribution in [3.63, 3.8) is 0 Å². The van der Waals surface area contributed by atoms with Gasteiger partial charge in [-0.15, -0.1) is 11.3 Å². The summed E-state index contributed by atoms with van der Waals surface area (Å²) in [5, 5.41) is 10.5.